The van der Waals surface area contributed by atoms with E-state index in [-0.39, 0.29) is 0 Å². The van der Waals surface area contributed by atoms with Gasteiger partial charge in [0.15, 0.2) is 0 Å². The van der Waals surface area contributed by atoms with Crippen molar-refractivity contribution >= 4 is 15.9 Å². The quantitative estimate of drug-likeness (QED) is 0.840. The average Bonchev–Trinajstić information content (AvgIpc) is 2.21. The topological polar surface area (TPSA) is 35.2 Å². The van der Waals surface area contributed by atoms with E-state index in [1.807, 2.05) is 37.3 Å². The molecule has 0 aliphatic carbocycles. The normalized spacial score (nSPS) is 10.8. The minimum atomic E-state index is 0.515. The van der Waals surface area contributed by atoms with Crippen LogP contribution in [0.3, 0.4) is 0 Å². The third kappa shape index (κ3) is 3.16. The van der Waals surface area contributed by atoms with Crippen LogP contribution in [0.2, 0.25) is 0 Å². The summed E-state index contributed by atoms with van der Waals surface area (Å²) in [6.07, 6.45) is 3.92. The molecular formula is C11H14BrNO. The predicted molar refractivity (Wildman–Crippen MR) is 62.3 cm³/mol. The molecule has 2 nitrogen and oxygen atoms in total. The fraction of sp³-hybridized carbons (Fsp3) is 0.273. The van der Waals surface area contributed by atoms with Crippen LogP contribution in [0.5, 0.6) is 5.75 Å². The molecular weight excluding hydrogens is 242 g/mol. The molecule has 1 aromatic rings. The molecule has 0 atom stereocenters. The van der Waals surface area contributed by atoms with Gasteiger partial charge in [0.1, 0.15) is 12.4 Å². The summed E-state index contributed by atoms with van der Waals surface area (Å²) in [5.74, 6) is 0.853. The Bertz CT molecular complexity index is 323. The van der Waals surface area contributed by atoms with Crippen molar-refractivity contribution in [1.82, 2.24) is 0 Å². The fourth-order valence-corrected chi connectivity index (χ4v) is 1.45. The van der Waals surface area contributed by atoms with Gasteiger partial charge in [0.05, 0.1) is 0 Å². The Morgan fingerprint density at radius 2 is 2.29 bits per heavy atom. The second-order valence-electron chi connectivity index (χ2n) is 2.84. The second kappa shape index (κ2) is 5.83. The first-order valence-corrected chi connectivity index (χ1v) is 5.29. The van der Waals surface area contributed by atoms with Crippen LogP contribution in [0, 0.1) is 0 Å². The second-order valence-corrected chi connectivity index (χ2v) is 3.69. The molecule has 0 spiro atoms. The maximum atomic E-state index is 5.57. The Hall–Kier alpha value is -0.800. The summed E-state index contributed by atoms with van der Waals surface area (Å²) in [5, 5.41) is 0. The molecule has 0 aliphatic rings. The highest BCUT2D eigenvalue weighted by atomic mass is 79.9. The number of hydrogen-bond donors (Lipinski definition) is 1. The third-order valence-corrected chi connectivity index (χ3v) is 2.59. The summed E-state index contributed by atoms with van der Waals surface area (Å²) >= 11 is 3.42. The zero-order valence-corrected chi connectivity index (χ0v) is 9.75. The number of allylic oxidation sites excluding steroid dienone is 1. The van der Waals surface area contributed by atoms with Crippen molar-refractivity contribution in [3.63, 3.8) is 0 Å². The predicted octanol–water partition coefficient (Wildman–Crippen LogP) is 2.86. The molecule has 0 bridgehead atoms. The van der Waals surface area contributed by atoms with Crippen LogP contribution >= 0.6 is 15.9 Å². The fourth-order valence-electron chi connectivity index (χ4n) is 1.04. The van der Waals surface area contributed by atoms with Crippen molar-refractivity contribution in [2.24, 2.45) is 5.73 Å². The lowest BCUT2D eigenvalue weighted by Gasteiger charge is -2.06. The molecule has 0 aromatic heterocycles. The maximum absolute atomic E-state index is 5.57. The molecule has 1 rings (SSSR count). The molecule has 0 aliphatic heterocycles. The first-order valence-electron chi connectivity index (χ1n) is 4.50. The molecule has 0 unspecified atom stereocenters. The number of halogens is 1. The van der Waals surface area contributed by atoms with Crippen molar-refractivity contribution in [2.75, 3.05) is 6.61 Å². The van der Waals surface area contributed by atoms with Crippen LogP contribution in [0.25, 0.3) is 0 Å². The van der Waals surface area contributed by atoms with Gasteiger partial charge in [-0.15, -0.1) is 0 Å². The first kappa shape index (κ1) is 11.3. The molecule has 0 saturated carbocycles. The summed E-state index contributed by atoms with van der Waals surface area (Å²) in [7, 11) is 0. The van der Waals surface area contributed by atoms with Crippen molar-refractivity contribution in [3.8, 4) is 5.75 Å². The highest BCUT2D eigenvalue weighted by Gasteiger charge is 1.99. The zero-order chi connectivity index (χ0) is 10.4. The number of nitrogens with two attached hydrogens (primary N) is 1. The number of hydrogen-bond acceptors (Lipinski definition) is 2. The highest BCUT2D eigenvalue weighted by molar-refractivity contribution is 9.10. The van der Waals surface area contributed by atoms with E-state index in [2.05, 4.69) is 15.9 Å². The molecule has 0 radical (unpaired) electrons. The van der Waals surface area contributed by atoms with E-state index in [0.717, 1.165) is 15.8 Å². The van der Waals surface area contributed by atoms with Gasteiger partial charge in [-0.2, -0.15) is 0 Å². The summed E-state index contributed by atoms with van der Waals surface area (Å²) in [6.45, 7) is 3.08. The molecule has 0 amide bonds. The Kier molecular flexibility index (Phi) is 4.70. The minimum Gasteiger partial charge on any atom is -0.490 e. The summed E-state index contributed by atoms with van der Waals surface area (Å²) in [6, 6.07) is 5.83. The van der Waals surface area contributed by atoms with Gasteiger partial charge in [-0.25, -0.2) is 0 Å². The van der Waals surface area contributed by atoms with Crippen LogP contribution in [0.1, 0.15) is 12.5 Å². The van der Waals surface area contributed by atoms with Gasteiger partial charge in [0.25, 0.3) is 0 Å². The minimum absolute atomic E-state index is 0.515. The van der Waals surface area contributed by atoms with E-state index in [1.165, 1.54) is 0 Å². The molecule has 0 heterocycles. The van der Waals surface area contributed by atoms with Crippen molar-refractivity contribution in [2.45, 2.75) is 13.5 Å². The number of benzene rings is 1. The molecule has 0 saturated heterocycles. The molecule has 2 N–H and O–H groups in total. The molecule has 14 heavy (non-hydrogen) atoms. The first-order chi connectivity index (χ1) is 6.77. The smallest absolute Gasteiger partial charge is 0.120 e. The Labute approximate surface area is 92.9 Å². The van der Waals surface area contributed by atoms with Crippen LogP contribution in [-0.4, -0.2) is 6.61 Å². The van der Waals surface area contributed by atoms with E-state index in [0.29, 0.717) is 13.2 Å². The van der Waals surface area contributed by atoms with Crippen molar-refractivity contribution in [3.05, 3.63) is 40.4 Å². The molecule has 0 fully saturated rings. The lowest BCUT2D eigenvalue weighted by molar-refractivity contribution is 0.362. The van der Waals surface area contributed by atoms with Gasteiger partial charge >= 0.3 is 0 Å². The van der Waals surface area contributed by atoms with E-state index in [9.17, 15) is 0 Å². The average molecular weight is 256 g/mol. The number of ether oxygens (including phenoxy) is 1. The van der Waals surface area contributed by atoms with Crippen LogP contribution in [-0.2, 0) is 6.54 Å². The summed E-state index contributed by atoms with van der Waals surface area (Å²) < 4.78 is 6.51. The Morgan fingerprint density at radius 1 is 1.50 bits per heavy atom. The van der Waals surface area contributed by atoms with Crippen LogP contribution < -0.4 is 10.5 Å². The maximum Gasteiger partial charge on any atom is 0.120 e. The van der Waals surface area contributed by atoms with Crippen LogP contribution in [0.4, 0.5) is 0 Å². The Balaban J connectivity index is 2.69. The van der Waals surface area contributed by atoms with Gasteiger partial charge < -0.3 is 10.5 Å². The zero-order valence-electron chi connectivity index (χ0n) is 8.16. The molecule has 76 valence electrons. The van der Waals surface area contributed by atoms with Crippen molar-refractivity contribution in [1.29, 1.82) is 0 Å². The van der Waals surface area contributed by atoms with Gasteiger partial charge in [0, 0.05) is 11.0 Å². The number of rotatable bonds is 4. The summed E-state index contributed by atoms with van der Waals surface area (Å²) in [5.41, 5.74) is 6.63. The van der Waals surface area contributed by atoms with Gasteiger partial charge in [0.2, 0.25) is 0 Å². The Morgan fingerprint density at radius 3 is 2.93 bits per heavy atom. The van der Waals surface area contributed by atoms with Crippen molar-refractivity contribution < 1.29 is 4.74 Å². The van der Waals surface area contributed by atoms with Gasteiger partial charge in [-0.1, -0.05) is 28.1 Å². The van der Waals surface area contributed by atoms with E-state index in [4.69, 9.17) is 10.5 Å². The largest absolute Gasteiger partial charge is 0.490 e. The highest BCUT2D eigenvalue weighted by Crippen LogP contribution is 2.22. The third-order valence-electron chi connectivity index (χ3n) is 1.82. The lowest BCUT2D eigenvalue weighted by atomic mass is 10.2. The van der Waals surface area contributed by atoms with Crippen LogP contribution in [0.15, 0.2) is 34.8 Å². The molecule has 3 heteroatoms. The lowest BCUT2D eigenvalue weighted by Crippen LogP contribution is -1.99. The summed E-state index contributed by atoms with van der Waals surface area (Å²) in [4.78, 5) is 0. The van der Waals surface area contributed by atoms with Gasteiger partial charge in [-0.3, -0.25) is 0 Å². The molecule has 1 aromatic carbocycles. The van der Waals surface area contributed by atoms with Gasteiger partial charge in [-0.05, 0) is 30.7 Å². The van der Waals surface area contributed by atoms with E-state index in [1.54, 1.807) is 0 Å². The SMILES string of the molecule is C/C=C/COc1ccc(Br)c(CN)c1. The monoisotopic (exact) mass is 255 g/mol. The van der Waals surface area contributed by atoms with E-state index >= 15 is 0 Å². The standard InChI is InChI=1S/C11H14BrNO/c1-2-3-6-14-10-4-5-11(12)9(7-10)8-13/h2-5,7H,6,8,13H2,1H3/b3-2+. The van der Waals surface area contributed by atoms with E-state index < -0.39 is 0 Å².